The largest absolute Gasteiger partial charge is 0.330 e. The number of fused-ring (bicyclic) bond motifs is 1. The summed E-state index contributed by atoms with van der Waals surface area (Å²) >= 11 is 0. The Hall–Kier alpha value is -1.39. The molecule has 110 valence electrons. The Morgan fingerprint density at radius 3 is 2.65 bits per heavy atom. The van der Waals surface area contributed by atoms with Gasteiger partial charge in [0.05, 0.1) is 17.6 Å². The van der Waals surface area contributed by atoms with Crippen molar-refractivity contribution in [2.75, 3.05) is 26.2 Å². The second kappa shape index (κ2) is 7.41. The van der Waals surface area contributed by atoms with Crippen LogP contribution >= 0.6 is 0 Å². The number of nitrogens with one attached hydrogen (secondary N) is 1. The molecule has 2 aromatic rings. The number of nitrogens with zero attached hydrogens (tertiary/aromatic N) is 3. The van der Waals surface area contributed by atoms with Crippen molar-refractivity contribution in [2.24, 2.45) is 7.05 Å². The molecule has 2 rings (SSSR count). The van der Waals surface area contributed by atoms with E-state index < -0.39 is 0 Å². The molecule has 0 atom stereocenters. The molecule has 0 aliphatic heterocycles. The molecule has 0 aliphatic rings. The van der Waals surface area contributed by atoms with E-state index in [0.717, 1.165) is 37.5 Å². The predicted molar refractivity (Wildman–Crippen MR) is 84.8 cm³/mol. The Morgan fingerprint density at radius 1 is 1.20 bits per heavy atom. The lowest BCUT2D eigenvalue weighted by Crippen LogP contribution is -2.27. The third kappa shape index (κ3) is 3.58. The van der Waals surface area contributed by atoms with Gasteiger partial charge in [-0.05, 0) is 44.7 Å². The highest BCUT2D eigenvalue weighted by molar-refractivity contribution is 5.75. The van der Waals surface area contributed by atoms with Crippen molar-refractivity contribution < 1.29 is 0 Å². The van der Waals surface area contributed by atoms with Crippen molar-refractivity contribution in [2.45, 2.75) is 26.8 Å². The third-order valence-corrected chi connectivity index (χ3v) is 3.89. The van der Waals surface area contributed by atoms with Crippen LogP contribution in [0.15, 0.2) is 24.3 Å². The summed E-state index contributed by atoms with van der Waals surface area (Å²) in [5, 5.41) is 3.50. The summed E-state index contributed by atoms with van der Waals surface area (Å²) in [5.41, 5.74) is 2.28. The quantitative estimate of drug-likeness (QED) is 0.750. The molecule has 4 heteroatoms. The van der Waals surface area contributed by atoms with Crippen molar-refractivity contribution in [3.05, 3.63) is 30.1 Å². The van der Waals surface area contributed by atoms with E-state index in [1.807, 2.05) is 6.07 Å². The van der Waals surface area contributed by atoms with Crippen LogP contribution in [0.1, 0.15) is 26.1 Å². The van der Waals surface area contributed by atoms with Crippen LogP contribution in [-0.4, -0.2) is 40.6 Å². The maximum atomic E-state index is 4.67. The van der Waals surface area contributed by atoms with E-state index in [-0.39, 0.29) is 0 Å². The van der Waals surface area contributed by atoms with E-state index >= 15 is 0 Å². The zero-order valence-corrected chi connectivity index (χ0v) is 12.9. The third-order valence-electron chi connectivity index (χ3n) is 3.89. The lowest BCUT2D eigenvalue weighted by molar-refractivity contribution is 0.297. The molecule has 0 aliphatic carbocycles. The Labute approximate surface area is 121 Å². The van der Waals surface area contributed by atoms with Crippen molar-refractivity contribution in [1.82, 2.24) is 19.8 Å². The molecule has 0 amide bonds. The number of rotatable bonds is 8. The van der Waals surface area contributed by atoms with Crippen LogP contribution in [-0.2, 0) is 13.6 Å². The molecule has 1 N–H and O–H groups in total. The molecule has 20 heavy (non-hydrogen) atoms. The van der Waals surface area contributed by atoms with Crippen LogP contribution in [0, 0.1) is 0 Å². The van der Waals surface area contributed by atoms with Crippen LogP contribution in [0.25, 0.3) is 11.0 Å². The minimum Gasteiger partial charge on any atom is -0.330 e. The zero-order chi connectivity index (χ0) is 14.4. The van der Waals surface area contributed by atoms with Gasteiger partial charge in [0, 0.05) is 7.05 Å². The number of aromatic nitrogens is 2. The molecule has 0 saturated heterocycles. The van der Waals surface area contributed by atoms with Gasteiger partial charge < -0.3 is 14.8 Å². The molecule has 0 saturated carbocycles. The Kier molecular flexibility index (Phi) is 5.56. The second-order valence-electron chi connectivity index (χ2n) is 5.13. The van der Waals surface area contributed by atoms with E-state index in [9.17, 15) is 0 Å². The first-order chi connectivity index (χ1) is 9.76. The van der Waals surface area contributed by atoms with Gasteiger partial charge in [0.2, 0.25) is 0 Å². The minimum absolute atomic E-state index is 0.837. The Morgan fingerprint density at radius 2 is 1.95 bits per heavy atom. The fourth-order valence-corrected chi connectivity index (χ4v) is 2.52. The van der Waals surface area contributed by atoms with Crippen LogP contribution in [0.3, 0.4) is 0 Å². The van der Waals surface area contributed by atoms with Gasteiger partial charge in [0.25, 0.3) is 0 Å². The number of aryl methyl sites for hydroxylation is 1. The fourth-order valence-electron chi connectivity index (χ4n) is 2.52. The molecule has 0 spiro atoms. The molecule has 1 heterocycles. The summed E-state index contributed by atoms with van der Waals surface area (Å²) in [6.07, 6.45) is 1.19. The first-order valence-electron chi connectivity index (χ1n) is 7.59. The number of hydrogen-bond donors (Lipinski definition) is 1. The summed E-state index contributed by atoms with van der Waals surface area (Å²) in [4.78, 5) is 7.12. The minimum atomic E-state index is 0.837. The summed E-state index contributed by atoms with van der Waals surface area (Å²) < 4.78 is 2.17. The van der Waals surface area contributed by atoms with Gasteiger partial charge in [0.1, 0.15) is 5.82 Å². The molecule has 0 fully saturated rings. The van der Waals surface area contributed by atoms with Gasteiger partial charge in [-0.2, -0.15) is 0 Å². The van der Waals surface area contributed by atoms with Gasteiger partial charge in [0.15, 0.2) is 0 Å². The second-order valence-corrected chi connectivity index (χ2v) is 5.13. The molecule has 0 unspecified atom stereocenters. The van der Waals surface area contributed by atoms with Crippen molar-refractivity contribution in [3.63, 3.8) is 0 Å². The average Bonchev–Trinajstić information content (AvgIpc) is 2.80. The predicted octanol–water partition coefficient (Wildman–Crippen LogP) is 2.39. The lowest BCUT2D eigenvalue weighted by Gasteiger charge is -2.17. The summed E-state index contributed by atoms with van der Waals surface area (Å²) in [5.74, 6) is 1.11. The lowest BCUT2D eigenvalue weighted by atomic mass is 10.3. The van der Waals surface area contributed by atoms with Crippen molar-refractivity contribution >= 4 is 11.0 Å². The number of hydrogen-bond acceptors (Lipinski definition) is 3. The number of imidazole rings is 1. The van der Waals surface area contributed by atoms with Crippen LogP contribution < -0.4 is 5.32 Å². The van der Waals surface area contributed by atoms with E-state index in [1.165, 1.54) is 18.5 Å². The smallest absolute Gasteiger partial charge is 0.123 e. The van der Waals surface area contributed by atoms with Crippen LogP contribution in [0.4, 0.5) is 0 Å². The highest BCUT2D eigenvalue weighted by Crippen LogP contribution is 2.13. The average molecular weight is 274 g/mol. The Bertz CT molecular complexity index is 528. The van der Waals surface area contributed by atoms with E-state index in [4.69, 9.17) is 0 Å². The summed E-state index contributed by atoms with van der Waals surface area (Å²) in [7, 11) is 2.09. The first-order valence-corrected chi connectivity index (χ1v) is 7.59. The van der Waals surface area contributed by atoms with Gasteiger partial charge in [-0.1, -0.05) is 26.0 Å². The molecule has 0 bridgehead atoms. The normalized spacial score (nSPS) is 11.6. The maximum absolute atomic E-state index is 4.67. The highest BCUT2D eigenvalue weighted by Gasteiger charge is 2.06. The van der Waals surface area contributed by atoms with Crippen LogP contribution in [0.5, 0.6) is 0 Å². The number of para-hydroxylation sites is 2. The molecular weight excluding hydrogens is 248 g/mol. The fraction of sp³-hybridized carbons (Fsp3) is 0.562. The van der Waals surface area contributed by atoms with Crippen molar-refractivity contribution in [3.8, 4) is 0 Å². The Balaban J connectivity index is 1.80. The van der Waals surface area contributed by atoms with Gasteiger partial charge >= 0.3 is 0 Å². The summed E-state index contributed by atoms with van der Waals surface area (Å²) in [6, 6.07) is 8.29. The van der Waals surface area contributed by atoms with E-state index in [0.29, 0.717) is 0 Å². The molecule has 0 radical (unpaired) electrons. The van der Waals surface area contributed by atoms with E-state index in [2.05, 4.69) is 58.9 Å². The maximum Gasteiger partial charge on any atom is 0.123 e. The van der Waals surface area contributed by atoms with Gasteiger partial charge in [-0.3, -0.25) is 0 Å². The first kappa shape index (κ1) is 15.0. The highest BCUT2D eigenvalue weighted by atomic mass is 15.1. The van der Waals surface area contributed by atoms with Gasteiger partial charge in [-0.25, -0.2) is 4.98 Å². The topological polar surface area (TPSA) is 33.1 Å². The monoisotopic (exact) mass is 274 g/mol. The van der Waals surface area contributed by atoms with Crippen molar-refractivity contribution in [1.29, 1.82) is 0 Å². The number of benzene rings is 1. The van der Waals surface area contributed by atoms with Gasteiger partial charge in [-0.15, -0.1) is 0 Å². The zero-order valence-electron chi connectivity index (χ0n) is 12.9. The molecule has 1 aromatic heterocycles. The van der Waals surface area contributed by atoms with E-state index in [1.54, 1.807) is 0 Å². The van der Waals surface area contributed by atoms with Crippen LogP contribution in [0.2, 0.25) is 0 Å². The SMILES string of the molecule is CCN(CC)CCCNCc1nc2ccccc2n1C. The standard InChI is InChI=1S/C16H26N4/c1-4-20(5-2)12-8-11-17-13-16-18-14-9-6-7-10-15(14)19(16)3/h6-7,9-10,17H,4-5,8,11-13H2,1-3H3. The molecule has 4 nitrogen and oxygen atoms in total. The molecular formula is C16H26N4. The summed E-state index contributed by atoms with van der Waals surface area (Å²) in [6.45, 7) is 9.76. The molecule has 1 aromatic carbocycles.